The lowest BCUT2D eigenvalue weighted by Crippen LogP contribution is -1.91. The van der Waals surface area contributed by atoms with Gasteiger partial charge in [0.15, 0.2) is 0 Å². The molecule has 0 atom stereocenters. The van der Waals surface area contributed by atoms with Crippen LogP contribution in [0.25, 0.3) is 44.5 Å². The predicted octanol–water partition coefficient (Wildman–Crippen LogP) is 6.33. The molecule has 138 valence electrons. The van der Waals surface area contributed by atoms with Gasteiger partial charge in [0.2, 0.25) is 0 Å². The Morgan fingerprint density at radius 2 is 1.21 bits per heavy atom. The first-order valence-electron chi connectivity index (χ1n) is 9.62. The van der Waals surface area contributed by atoms with Crippen molar-refractivity contribution < 1.29 is 0 Å². The molecule has 0 amide bonds. The first-order chi connectivity index (χ1) is 14.3. The maximum Gasteiger partial charge on any atom is 0.0971 e. The van der Waals surface area contributed by atoms with Crippen LogP contribution in [0.3, 0.4) is 0 Å². The molecule has 29 heavy (non-hydrogen) atoms. The minimum Gasteiger partial charge on any atom is -0.256 e. The summed E-state index contributed by atoms with van der Waals surface area (Å²) in [6.07, 6.45) is 5.33. The van der Waals surface area contributed by atoms with Crippen LogP contribution >= 0.6 is 0 Å². The van der Waals surface area contributed by atoms with Crippen LogP contribution in [0.2, 0.25) is 0 Å². The number of fused-ring (bicyclic) bond motifs is 1. The average molecular weight is 373 g/mol. The van der Waals surface area contributed by atoms with Crippen molar-refractivity contribution in [2.24, 2.45) is 0 Å². The summed E-state index contributed by atoms with van der Waals surface area (Å²) in [5.41, 5.74) is 9.53. The van der Waals surface area contributed by atoms with E-state index in [-0.39, 0.29) is 0 Å². The van der Waals surface area contributed by atoms with E-state index in [0.717, 1.165) is 44.5 Å². The van der Waals surface area contributed by atoms with Crippen LogP contribution in [0.4, 0.5) is 0 Å². The molecule has 0 N–H and O–H groups in total. The summed E-state index contributed by atoms with van der Waals surface area (Å²) < 4.78 is 0. The number of pyridine rings is 1. The lowest BCUT2D eigenvalue weighted by atomic mass is 9.95. The second-order valence-electron chi connectivity index (χ2n) is 7.08. The van der Waals surface area contributed by atoms with Gasteiger partial charge in [0.05, 0.1) is 16.7 Å². The lowest BCUT2D eigenvalue weighted by molar-refractivity contribution is 1.29. The highest BCUT2D eigenvalue weighted by Crippen LogP contribution is 2.34. The normalized spacial score (nSPS) is 10.9. The number of benzene rings is 3. The highest BCUT2D eigenvalue weighted by Gasteiger charge is 2.12. The molecule has 5 aromatic rings. The molecule has 3 heteroatoms. The predicted molar refractivity (Wildman–Crippen MR) is 118 cm³/mol. The van der Waals surface area contributed by atoms with Crippen molar-refractivity contribution >= 4 is 11.0 Å². The SMILES string of the molecule is Cc1ccc(-c2ccc(-c3cccc(-c4ccccn4)c3)c3nccnc23)cc1. The van der Waals surface area contributed by atoms with Crippen LogP contribution in [0.5, 0.6) is 0 Å². The van der Waals surface area contributed by atoms with Crippen LogP contribution in [-0.2, 0) is 0 Å². The van der Waals surface area contributed by atoms with Crippen molar-refractivity contribution in [1.82, 2.24) is 15.0 Å². The minimum absolute atomic E-state index is 0.906. The molecule has 0 aliphatic carbocycles. The Balaban J connectivity index is 1.68. The summed E-state index contributed by atoms with van der Waals surface area (Å²) in [5.74, 6) is 0. The molecule has 0 unspecified atom stereocenters. The molecule has 0 fully saturated rings. The Morgan fingerprint density at radius 1 is 0.517 bits per heavy atom. The summed E-state index contributed by atoms with van der Waals surface area (Å²) >= 11 is 0. The maximum absolute atomic E-state index is 4.69. The first kappa shape index (κ1) is 17.3. The molecule has 5 rings (SSSR count). The molecule has 0 saturated heterocycles. The summed E-state index contributed by atoms with van der Waals surface area (Å²) in [5, 5.41) is 0. The quantitative estimate of drug-likeness (QED) is 0.371. The van der Waals surface area contributed by atoms with Crippen molar-refractivity contribution in [2.45, 2.75) is 6.92 Å². The number of rotatable bonds is 3. The fraction of sp³-hybridized carbons (Fsp3) is 0.0385. The van der Waals surface area contributed by atoms with Gasteiger partial charge in [0.25, 0.3) is 0 Å². The number of nitrogens with zero attached hydrogens (tertiary/aromatic N) is 3. The van der Waals surface area contributed by atoms with Gasteiger partial charge in [-0.2, -0.15) is 0 Å². The van der Waals surface area contributed by atoms with Crippen molar-refractivity contribution in [2.75, 3.05) is 0 Å². The van der Waals surface area contributed by atoms with Crippen molar-refractivity contribution in [3.63, 3.8) is 0 Å². The number of hydrogen-bond acceptors (Lipinski definition) is 3. The highest BCUT2D eigenvalue weighted by atomic mass is 14.8. The zero-order chi connectivity index (χ0) is 19.6. The van der Waals surface area contributed by atoms with Gasteiger partial charge in [-0.25, -0.2) is 0 Å². The van der Waals surface area contributed by atoms with E-state index in [0.29, 0.717) is 0 Å². The Kier molecular flexibility index (Phi) is 4.34. The van der Waals surface area contributed by atoms with Gasteiger partial charge < -0.3 is 0 Å². The number of aryl methyl sites for hydroxylation is 1. The molecule has 0 radical (unpaired) electrons. The van der Waals surface area contributed by atoms with E-state index in [9.17, 15) is 0 Å². The van der Waals surface area contributed by atoms with E-state index in [1.807, 2.05) is 24.4 Å². The Morgan fingerprint density at radius 3 is 1.90 bits per heavy atom. The first-order valence-corrected chi connectivity index (χ1v) is 9.62. The zero-order valence-electron chi connectivity index (χ0n) is 16.1. The van der Waals surface area contributed by atoms with Gasteiger partial charge in [-0.1, -0.05) is 66.2 Å². The van der Waals surface area contributed by atoms with Crippen LogP contribution in [0.15, 0.2) is 97.5 Å². The van der Waals surface area contributed by atoms with E-state index in [1.165, 1.54) is 5.56 Å². The van der Waals surface area contributed by atoms with Gasteiger partial charge in [0.1, 0.15) is 0 Å². The second kappa shape index (κ2) is 7.28. The Labute approximate surface area is 169 Å². The fourth-order valence-electron chi connectivity index (χ4n) is 3.64. The molecule has 0 aliphatic heterocycles. The second-order valence-corrected chi connectivity index (χ2v) is 7.08. The largest absolute Gasteiger partial charge is 0.256 e. The molecule has 0 saturated carbocycles. The highest BCUT2D eigenvalue weighted by molar-refractivity contribution is 6.00. The van der Waals surface area contributed by atoms with E-state index >= 15 is 0 Å². The van der Waals surface area contributed by atoms with Crippen molar-refractivity contribution in [3.8, 4) is 33.5 Å². The van der Waals surface area contributed by atoms with Gasteiger partial charge in [-0.3, -0.25) is 15.0 Å². The fourth-order valence-corrected chi connectivity index (χ4v) is 3.64. The van der Waals surface area contributed by atoms with Crippen LogP contribution in [0, 0.1) is 6.92 Å². The van der Waals surface area contributed by atoms with E-state index in [1.54, 1.807) is 12.4 Å². The molecule has 3 nitrogen and oxygen atoms in total. The van der Waals surface area contributed by atoms with Crippen LogP contribution in [0.1, 0.15) is 5.56 Å². The standard InChI is InChI=1S/C26H19N3/c1-18-8-10-19(11-9-18)22-12-13-23(26-25(22)28-15-16-29-26)20-5-4-6-21(17-20)24-7-2-3-14-27-24/h2-17H,1H3. The Bertz CT molecular complexity index is 1290. The van der Waals surface area contributed by atoms with Gasteiger partial charge in [-0.05, 0) is 36.2 Å². The number of aromatic nitrogens is 3. The third-order valence-corrected chi connectivity index (χ3v) is 5.12. The zero-order valence-corrected chi connectivity index (χ0v) is 16.1. The summed E-state index contributed by atoms with van der Waals surface area (Å²) in [6, 6.07) is 27.2. The van der Waals surface area contributed by atoms with Crippen molar-refractivity contribution in [3.05, 3.63) is 103 Å². The van der Waals surface area contributed by atoms with E-state index < -0.39 is 0 Å². The van der Waals surface area contributed by atoms with Gasteiger partial charge in [-0.15, -0.1) is 0 Å². The lowest BCUT2D eigenvalue weighted by Gasteiger charge is -2.11. The van der Waals surface area contributed by atoms with Gasteiger partial charge >= 0.3 is 0 Å². The molecule has 3 aromatic carbocycles. The third-order valence-electron chi connectivity index (χ3n) is 5.12. The molecule has 0 spiro atoms. The average Bonchev–Trinajstić information content (AvgIpc) is 2.80. The maximum atomic E-state index is 4.69. The molecular weight excluding hydrogens is 354 g/mol. The molecular formula is C26H19N3. The minimum atomic E-state index is 0.906. The van der Waals surface area contributed by atoms with Crippen LogP contribution < -0.4 is 0 Å². The summed E-state index contributed by atoms with van der Waals surface area (Å²) in [6.45, 7) is 2.10. The molecule has 0 bridgehead atoms. The van der Waals surface area contributed by atoms with Gasteiger partial charge in [0, 0.05) is 35.3 Å². The number of hydrogen-bond donors (Lipinski definition) is 0. The summed E-state index contributed by atoms with van der Waals surface area (Å²) in [7, 11) is 0. The summed E-state index contributed by atoms with van der Waals surface area (Å²) in [4.78, 5) is 13.8. The smallest absolute Gasteiger partial charge is 0.0971 e. The van der Waals surface area contributed by atoms with E-state index in [2.05, 4.69) is 82.5 Å². The topological polar surface area (TPSA) is 38.7 Å². The van der Waals surface area contributed by atoms with E-state index in [4.69, 9.17) is 0 Å². The molecule has 2 aromatic heterocycles. The van der Waals surface area contributed by atoms with Crippen molar-refractivity contribution in [1.29, 1.82) is 0 Å². The molecule has 0 aliphatic rings. The third kappa shape index (κ3) is 3.27. The molecule has 2 heterocycles. The monoisotopic (exact) mass is 373 g/mol. The van der Waals surface area contributed by atoms with Crippen LogP contribution in [-0.4, -0.2) is 15.0 Å². The Hall–Kier alpha value is -3.85.